The molecule has 0 aliphatic rings. The van der Waals surface area contributed by atoms with Crippen LogP contribution in [-0.4, -0.2) is 24.2 Å². The van der Waals surface area contributed by atoms with Crippen LogP contribution in [0.15, 0.2) is 42.6 Å². The van der Waals surface area contributed by atoms with Gasteiger partial charge in [-0.15, -0.1) is 0 Å². The van der Waals surface area contributed by atoms with E-state index in [9.17, 15) is 5.11 Å². The Bertz CT molecular complexity index is 537. The molecule has 0 aliphatic carbocycles. The highest BCUT2D eigenvalue weighted by Crippen LogP contribution is 2.22. The van der Waals surface area contributed by atoms with Crippen molar-refractivity contribution in [3.63, 3.8) is 0 Å². The number of nitrogens with zero attached hydrogens (tertiary/aromatic N) is 2. The molecule has 1 aromatic carbocycles. The Hall–Kier alpha value is -2.23. The van der Waals surface area contributed by atoms with E-state index >= 15 is 0 Å². The van der Waals surface area contributed by atoms with Gasteiger partial charge in [-0.1, -0.05) is 12.1 Å². The highest BCUT2D eigenvalue weighted by Gasteiger charge is 2.06. The summed E-state index contributed by atoms with van der Waals surface area (Å²) in [5.74, 6) is 1.21. The van der Waals surface area contributed by atoms with E-state index in [2.05, 4.69) is 17.2 Å². The number of aromatic nitrogens is 1. The van der Waals surface area contributed by atoms with Crippen LogP contribution in [-0.2, 0) is 0 Å². The Balaban J connectivity index is 2.08. The Labute approximate surface area is 113 Å². The molecule has 0 spiro atoms. The first-order valence-corrected chi connectivity index (χ1v) is 6.25. The highest BCUT2D eigenvalue weighted by atomic mass is 16.3. The van der Waals surface area contributed by atoms with Crippen molar-refractivity contribution in [1.29, 1.82) is 0 Å². The zero-order valence-electron chi connectivity index (χ0n) is 11.5. The Morgan fingerprint density at radius 2 is 2.00 bits per heavy atom. The van der Waals surface area contributed by atoms with Crippen LogP contribution < -0.4 is 10.2 Å². The van der Waals surface area contributed by atoms with E-state index in [1.165, 1.54) is 0 Å². The second-order valence-corrected chi connectivity index (χ2v) is 4.76. The predicted octanol–water partition coefficient (Wildman–Crippen LogP) is 3.03. The third kappa shape index (κ3) is 3.37. The van der Waals surface area contributed by atoms with Crippen molar-refractivity contribution in [3.8, 4) is 5.75 Å². The van der Waals surface area contributed by atoms with Crippen LogP contribution in [0, 0.1) is 0 Å². The maximum absolute atomic E-state index is 9.48. The number of rotatable bonds is 4. The topological polar surface area (TPSA) is 48.4 Å². The van der Waals surface area contributed by atoms with E-state index in [-0.39, 0.29) is 11.8 Å². The maximum atomic E-state index is 9.48. The first-order valence-electron chi connectivity index (χ1n) is 6.25. The molecule has 1 aromatic heterocycles. The lowest BCUT2D eigenvalue weighted by Gasteiger charge is -2.17. The summed E-state index contributed by atoms with van der Waals surface area (Å²) in [6.07, 6.45) is 1.81. The fraction of sp³-hybridized carbons (Fsp3) is 0.267. The molecule has 0 saturated heterocycles. The largest absolute Gasteiger partial charge is 0.508 e. The van der Waals surface area contributed by atoms with Crippen LogP contribution in [0.3, 0.4) is 0 Å². The van der Waals surface area contributed by atoms with Gasteiger partial charge in [0.15, 0.2) is 0 Å². The predicted molar refractivity (Wildman–Crippen MR) is 78.7 cm³/mol. The van der Waals surface area contributed by atoms with Gasteiger partial charge in [-0.25, -0.2) is 4.98 Å². The number of phenols is 1. The van der Waals surface area contributed by atoms with Gasteiger partial charge >= 0.3 is 0 Å². The molecule has 2 aromatic rings. The minimum absolute atomic E-state index is 0.110. The lowest BCUT2D eigenvalue weighted by Crippen LogP contribution is -2.11. The minimum atomic E-state index is 0.110. The van der Waals surface area contributed by atoms with Gasteiger partial charge in [0.1, 0.15) is 11.6 Å². The van der Waals surface area contributed by atoms with Gasteiger partial charge in [0, 0.05) is 20.1 Å². The molecular weight excluding hydrogens is 238 g/mol. The van der Waals surface area contributed by atoms with Crippen molar-refractivity contribution in [1.82, 2.24) is 4.98 Å². The number of hydrogen-bond acceptors (Lipinski definition) is 4. The van der Waals surface area contributed by atoms with Crippen molar-refractivity contribution in [3.05, 3.63) is 48.2 Å². The number of aromatic hydroxyl groups is 1. The van der Waals surface area contributed by atoms with Crippen molar-refractivity contribution in [2.24, 2.45) is 0 Å². The van der Waals surface area contributed by atoms with Gasteiger partial charge in [0.25, 0.3) is 0 Å². The van der Waals surface area contributed by atoms with E-state index in [4.69, 9.17) is 0 Å². The van der Waals surface area contributed by atoms with E-state index in [0.29, 0.717) is 0 Å². The second-order valence-electron chi connectivity index (χ2n) is 4.76. The van der Waals surface area contributed by atoms with Gasteiger partial charge in [-0.05, 0) is 36.8 Å². The standard InChI is InChI=1S/C15H19N3O/c1-11(12-5-4-6-14(19)9-12)17-13-7-8-15(16-10-13)18(2)3/h4-11,17,19H,1-3H3. The third-order valence-electron chi connectivity index (χ3n) is 2.96. The molecule has 100 valence electrons. The third-order valence-corrected chi connectivity index (χ3v) is 2.96. The highest BCUT2D eigenvalue weighted by molar-refractivity contribution is 5.49. The molecule has 2 rings (SSSR count). The molecule has 4 heteroatoms. The molecule has 2 N–H and O–H groups in total. The van der Waals surface area contributed by atoms with Gasteiger partial charge < -0.3 is 15.3 Å². The fourth-order valence-electron chi connectivity index (χ4n) is 1.86. The van der Waals surface area contributed by atoms with Gasteiger partial charge in [-0.3, -0.25) is 0 Å². The summed E-state index contributed by atoms with van der Waals surface area (Å²) in [5.41, 5.74) is 2.00. The van der Waals surface area contributed by atoms with E-state index in [0.717, 1.165) is 17.1 Å². The Morgan fingerprint density at radius 1 is 1.21 bits per heavy atom. The summed E-state index contributed by atoms with van der Waals surface area (Å²) < 4.78 is 0. The molecule has 1 heterocycles. The number of benzene rings is 1. The SMILES string of the molecule is CC(Nc1ccc(N(C)C)nc1)c1cccc(O)c1. The maximum Gasteiger partial charge on any atom is 0.128 e. The summed E-state index contributed by atoms with van der Waals surface area (Å²) in [6, 6.07) is 11.3. The molecule has 4 nitrogen and oxygen atoms in total. The Morgan fingerprint density at radius 3 is 2.58 bits per heavy atom. The average molecular weight is 257 g/mol. The lowest BCUT2D eigenvalue weighted by atomic mass is 10.1. The smallest absolute Gasteiger partial charge is 0.128 e. The quantitative estimate of drug-likeness (QED) is 0.884. The van der Waals surface area contributed by atoms with E-state index < -0.39 is 0 Å². The second kappa shape index (κ2) is 5.61. The normalized spacial score (nSPS) is 11.9. The zero-order valence-corrected chi connectivity index (χ0v) is 11.5. The minimum Gasteiger partial charge on any atom is -0.508 e. The van der Waals surface area contributed by atoms with Gasteiger partial charge in [0.05, 0.1) is 11.9 Å². The number of phenolic OH excluding ortho intramolecular Hbond substituents is 1. The molecule has 0 fully saturated rings. The molecule has 19 heavy (non-hydrogen) atoms. The summed E-state index contributed by atoms with van der Waals surface area (Å²) in [5, 5.41) is 12.8. The van der Waals surface area contributed by atoms with Crippen LogP contribution in [0.5, 0.6) is 5.75 Å². The van der Waals surface area contributed by atoms with Gasteiger partial charge in [-0.2, -0.15) is 0 Å². The van der Waals surface area contributed by atoms with E-state index in [1.54, 1.807) is 12.1 Å². The summed E-state index contributed by atoms with van der Waals surface area (Å²) in [4.78, 5) is 6.32. The molecule has 1 atom stereocenters. The summed E-state index contributed by atoms with van der Waals surface area (Å²) in [6.45, 7) is 2.05. The monoisotopic (exact) mass is 257 g/mol. The Kier molecular flexibility index (Phi) is 3.90. The zero-order chi connectivity index (χ0) is 13.8. The van der Waals surface area contributed by atoms with E-state index in [1.807, 2.05) is 49.5 Å². The van der Waals surface area contributed by atoms with Crippen LogP contribution in [0.2, 0.25) is 0 Å². The fourth-order valence-corrected chi connectivity index (χ4v) is 1.86. The average Bonchev–Trinajstić information content (AvgIpc) is 2.39. The number of nitrogens with one attached hydrogen (secondary N) is 1. The lowest BCUT2D eigenvalue weighted by molar-refractivity contribution is 0.474. The molecular formula is C15H19N3O. The van der Waals surface area contributed by atoms with Crippen molar-refractivity contribution in [2.75, 3.05) is 24.3 Å². The van der Waals surface area contributed by atoms with Crippen molar-refractivity contribution < 1.29 is 5.11 Å². The molecule has 0 radical (unpaired) electrons. The number of hydrogen-bond donors (Lipinski definition) is 2. The first-order chi connectivity index (χ1) is 9.06. The summed E-state index contributed by atoms with van der Waals surface area (Å²) in [7, 11) is 3.93. The van der Waals surface area contributed by atoms with Gasteiger partial charge in [0.2, 0.25) is 0 Å². The van der Waals surface area contributed by atoms with Crippen LogP contribution in [0.1, 0.15) is 18.5 Å². The molecule has 0 aliphatic heterocycles. The summed E-state index contributed by atoms with van der Waals surface area (Å²) >= 11 is 0. The molecule has 0 saturated carbocycles. The first kappa shape index (κ1) is 13.2. The molecule has 0 bridgehead atoms. The van der Waals surface area contributed by atoms with Crippen molar-refractivity contribution in [2.45, 2.75) is 13.0 Å². The number of pyridine rings is 1. The molecule has 0 amide bonds. The van der Waals surface area contributed by atoms with Crippen LogP contribution in [0.4, 0.5) is 11.5 Å². The van der Waals surface area contributed by atoms with Crippen LogP contribution in [0.25, 0.3) is 0 Å². The number of anilines is 2. The molecule has 1 unspecified atom stereocenters. The van der Waals surface area contributed by atoms with Crippen molar-refractivity contribution >= 4 is 11.5 Å². The van der Waals surface area contributed by atoms with Crippen LogP contribution >= 0.6 is 0 Å².